The summed E-state index contributed by atoms with van der Waals surface area (Å²) < 4.78 is 0. The molecule has 23 heavy (non-hydrogen) atoms. The van der Waals surface area contributed by atoms with Gasteiger partial charge in [0.1, 0.15) is 0 Å². The number of anilines is 1. The summed E-state index contributed by atoms with van der Waals surface area (Å²) in [7, 11) is 0. The zero-order chi connectivity index (χ0) is 16.4. The van der Waals surface area contributed by atoms with E-state index in [0.29, 0.717) is 0 Å². The Morgan fingerprint density at radius 3 is 2.65 bits per heavy atom. The number of benzene rings is 2. The summed E-state index contributed by atoms with van der Waals surface area (Å²) in [6.07, 6.45) is 2.01. The molecule has 2 aromatic carbocycles. The molecule has 0 saturated carbocycles. The average Bonchev–Trinajstić information content (AvgIpc) is 3.01. The van der Waals surface area contributed by atoms with E-state index < -0.39 is 0 Å². The molecule has 1 heterocycles. The number of amides is 2. The van der Waals surface area contributed by atoms with Crippen LogP contribution >= 0.6 is 11.6 Å². The molecule has 1 aliphatic heterocycles. The first-order chi connectivity index (χ1) is 11.0. The fourth-order valence-electron chi connectivity index (χ4n) is 3.10. The third kappa shape index (κ3) is 3.50. The van der Waals surface area contributed by atoms with Gasteiger partial charge in [0.15, 0.2) is 0 Å². The summed E-state index contributed by atoms with van der Waals surface area (Å²) in [5.41, 5.74) is 4.24. The molecule has 1 atom stereocenters. The van der Waals surface area contributed by atoms with Gasteiger partial charge in [0.25, 0.3) is 0 Å². The Balaban J connectivity index is 1.78. The van der Waals surface area contributed by atoms with E-state index in [4.69, 9.17) is 11.6 Å². The van der Waals surface area contributed by atoms with Crippen LogP contribution in [-0.2, 0) is 0 Å². The molecule has 0 unspecified atom stereocenters. The smallest absolute Gasteiger partial charge is 0.317 e. The zero-order valence-electron chi connectivity index (χ0n) is 13.5. The maximum Gasteiger partial charge on any atom is 0.322 e. The second kappa shape index (κ2) is 6.63. The van der Waals surface area contributed by atoms with E-state index in [1.54, 1.807) is 0 Å². The van der Waals surface area contributed by atoms with Gasteiger partial charge in [-0.3, -0.25) is 0 Å². The van der Waals surface area contributed by atoms with Gasteiger partial charge >= 0.3 is 6.03 Å². The molecular formula is C19H21ClN2O. The van der Waals surface area contributed by atoms with E-state index in [2.05, 4.69) is 11.4 Å². The van der Waals surface area contributed by atoms with Crippen LogP contribution in [0.25, 0.3) is 0 Å². The molecule has 4 heteroatoms. The fraction of sp³-hybridized carbons (Fsp3) is 0.316. The van der Waals surface area contributed by atoms with Gasteiger partial charge < -0.3 is 10.2 Å². The maximum atomic E-state index is 12.7. The number of rotatable bonds is 2. The molecule has 2 amide bonds. The average molecular weight is 329 g/mol. The number of hydrogen-bond donors (Lipinski definition) is 1. The van der Waals surface area contributed by atoms with Crippen molar-refractivity contribution >= 4 is 23.3 Å². The molecule has 1 saturated heterocycles. The number of carbonyl (C=O) groups is 1. The Kier molecular flexibility index (Phi) is 4.58. The van der Waals surface area contributed by atoms with Crippen molar-refractivity contribution in [3.8, 4) is 0 Å². The van der Waals surface area contributed by atoms with Gasteiger partial charge in [-0.25, -0.2) is 4.79 Å². The standard InChI is InChI=1S/C19H21ClN2O/c1-13-5-6-14(2)17(12-13)21-19(23)22-11-3-4-18(22)15-7-9-16(20)10-8-15/h5-10,12,18H,3-4,11H2,1-2H3,(H,21,23)/t18-/m0/s1. The lowest BCUT2D eigenvalue weighted by atomic mass is 10.0. The summed E-state index contributed by atoms with van der Waals surface area (Å²) >= 11 is 5.96. The molecule has 0 aromatic heterocycles. The SMILES string of the molecule is Cc1ccc(C)c(NC(=O)N2CCC[C@H]2c2ccc(Cl)cc2)c1. The third-order valence-electron chi connectivity index (χ3n) is 4.40. The first kappa shape index (κ1) is 15.9. The minimum atomic E-state index is -0.0313. The van der Waals surface area contributed by atoms with Crippen LogP contribution in [0.4, 0.5) is 10.5 Å². The van der Waals surface area contributed by atoms with Gasteiger partial charge in [-0.2, -0.15) is 0 Å². The van der Waals surface area contributed by atoms with Gasteiger partial charge in [0.2, 0.25) is 0 Å². The Labute approximate surface area is 142 Å². The van der Waals surface area contributed by atoms with Gasteiger partial charge in [-0.1, -0.05) is 35.9 Å². The molecule has 0 spiro atoms. The molecular weight excluding hydrogens is 308 g/mol. The van der Waals surface area contributed by atoms with Crippen LogP contribution in [0.3, 0.4) is 0 Å². The molecule has 3 nitrogen and oxygen atoms in total. The Morgan fingerprint density at radius 2 is 1.91 bits per heavy atom. The normalized spacial score (nSPS) is 17.3. The van der Waals surface area contributed by atoms with Crippen LogP contribution in [0.15, 0.2) is 42.5 Å². The highest BCUT2D eigenvalue weighted by Crippen LogP contribution is 2.33. The van der Waals surface area contributed by atoms with Crippen molar-refractivity contribution in [2.45, 2.75) is 32.7 Å². The monoisotopic (exact) mass is 328 g/mol. The number of carbonyl (C=O) groups excluding carboxylic acids is 1. The van der Waals surface area contributed by atoms with Gasteiger partial charge in [0.05, 0.1) is 6.04 Å². The predicted octanol–water partition coefficient (Wildman–Crippen LogP) is 5.33. The second-order valence-electron chi connectivity index (χ2n) is 6.15. The van der Waals surface area contributed by atoms with E-state index in [0.717, 1.165) is 46.8 Å². The lowest BCUT2D eigenvalue weighted by molar-refractivity contribution is 0.207. The molecule has 2 aromatic rings. The molecule has 1 fully saturated rings. The van der Waals surface area contributed by atoms with Crippen LogP contribution in [0.5, 0.6) is 0 Å². The Morgan fingerprint density at radius 1 is 1.17 bits per heavy atom. The second-order valence-corrected chi connectivity index (χ2v) is 6.59. The highest BCUT2D eigenvalue weighted by atomic mass is 35.5. The van der Waals surface area contributed by atoms with Crippen molar-refractivity contribution in [3.05, 3.63) is 64.2 Å². The molecule has 1 aliphatic rings. The van der Waals surface area contributed by atoms with Gasteiger partial charge in [-0.15, -0.1) is 0 Å². The zero-order valence-corrected chi connectivity index (χ0v) is 14.2. The lowest BCUT2D eigenvalue weighted by Crippen LogP contribution is -2.34. The number of urea groups is 1. The quantitative estimate of drug-likeness (QED) is 0.794. The van der Waals surface area contributed by atoms with Gasteiger partial charge in [0, 0.05) is 17.3 Å². The molecule has 1 N–H and O–H groups in total. The highest BCUT2D eigenvalue weighted by molar-refractivity contribution is 6.30. The number of aryl methyl sites for hydroxylation is 2. The molecule has 0 radical (unpaired) electrons. The van der Waals surface area contributed by atoms with Crippen LogP contribution in [-0.4, -0.2) is 17.5 Å². The number of nitrogens with one attached hydrogen (secondary N) is 1. The minimum Gasteiger partial charge on any atom is -0.317 e. The van der Waals surface area contributed by atoms with Crippen molar-refractivity contribution in [1.29, 1.82) is 0 Å². The Hall–Kier alpha value is -2.00. The van der Waals surface area contributed by atoms with E-state index >= 15 is 0 Å². The van der Waals surface area contributed by atoms with E-state index in [9.17, 15) is 4.79 Å². The number of hydrogen-bond acceptors (Lipinski definition) is 1. The predicted molar refractivity (Wildman–Crippen MR) is 95.1 cm³/mol. The minimum absolute atomic E-state index is 0.0313. The van der Waals surface area contributed by atoms with E-state index in [-0.39, 0.29) is 12.1 Å². The molecule has 120 valence electrons. The molecule has 0 bridgehead atoms. The summed E-state index contributed by atoms with van der Waals surface area (Å²) in [5.74, 6) is 0. The number of nitrogens with zero attached hydrogens (tertiary/aromatic N) is 1. The van der Waals surface area contributed by atoms with Crippen LogP contribution < -0.4 is 5.32 Å². The third-order valence-corrected chi connectivity index (χ3v) is 4.66. The fourth-order valence-corrected chi connectivity index (χ4v) is 3.22. The van der Waals surface area contributed by atoms with E-state index in [1.807, 2.05) is 55.1 Å². The first-order valence-corrected chi connectivity index (χ1v) is 8.33. The van der Waals surface area contributed by atoms with Crippen molar-refractivity contribution in [2.24, 2.45) is 0 Å². The maximum absolute atomic E-state index is 12.7. The summed E-state index contributed by atoms with van der Waals surface area (Å²) in [5, 5.41) is 3.79. The molecule has 0 aliphatic carbocycles. The van der Waals surface area contributed by atoms with Crippen LogP contribution in [0, 0.1) is 13.8 Å². The highest BCUT2D eigenvalue weighted by Gasteiger charge is 2.30. The number of halogens is 1. The Bertz CT molecular complexity index is 712. The summed E-state index contributed by atoms with van der Waals surface area (Å²) in [6.45, 7) is 4.82. The van der Waals surface area contributed by atoms with Gasteiger partial charge in [-0.05, 0) is 61.6 Å². The summed E-state index contributed by atoms with van der Waals surface area (Å²) in [6, 6.07) is 14.0. The van der Waals surface area contributed by atoms with Crippen molar-refractivity contribution in [1.82, 2.24) is 4.90 Å². The summed E-state index contributed by atoms with van der Waals surface area (Å²) in [4.78, 5) is 14.6. The lowest BCUT2D eigenvalue weighted by Gasteiger charge is -2.26. The first-order valence-electron chi connectivity index (χ1n) is 7.95. The largest absolute Gasteiger partial charge is 0.322 e. The van der Waals surface area contributed by atoms with E-state index in [1.165, 1.54) is 0 Å². The van der Waals surface area contributed by atoms with Crippen LogP contribution in [0.2, 0.25) is 5.02 Å². The number of likely N-dealkylation sites (tertiary alicyclic amines) is 1. The van der Waals surface area contributed by atoms with Crippen molar-refractivity contribution < 1.29 is 4.79 Å². The molecule has 3 rings (SSSR count). The topological polar surface area (TPSA) is 32.3 Å². The van der Waals surface area contributed by atoms with Crippen LogP contribution in [0.1, 0.15) is 35.6 Å². The van der Waals surface area contributed by atoms with Crippen molar-refractivity contribution in [3.63, 3.8) is 0 Å². The van der Waals surface area contributed by atoms with Crippen molar-refractivity contribution in [2.75, 3.05) is 11.9 Å².